The monoisotopic (exact) mass is 319 g/mol. The number of hydrogen-bond donors (Lipinski definition) is 2. The summed E-state index contributed by atoms with van der Waals surface area (Å²) in [4.78, 5) is 11.7. The second kappa shape index (κ2) is 7.45. The lowest BCUT2D eigenvalue weighted by atomic mass is 10.2. The molecule has 1 aromatic carbocycles. The van der Waals surface area contributed by atoms with Crippen LogP contribution >= 0.6 is 15.9 Å². The van der Waals surface area contributed by atoms with Gasteiger partial charge in [0.2, 0.25) is 0 Å². The largest absolute Gasteiger partial charge is 0.391 e. The quantitative estimate of drug-likeness (QED) is 0.839. The minimum absolute atomic E-state index is 0.234. The number of ether oxygens (including phenoxy) is 1. The van der Waals surface area contributed by atoms with E-state index in [0.717, 1.165) is 0 Å². The van der Waals surface area contributed by atoms with Gasteiger partial charge in [-0.25, -0.2) is 4.39 Å². The highest BCUT2D eigenvalue weighted by molar-refractivity contribution is 9.10. The van der Waals surface area contributed by atoms with Crippen molar-refractivity contribution >= 4 is 21.8 Å². The Bertz CT molecular complexity index is 414. The van der Waals surface area contributed by atoms with Crippen molar-refractivity contribution < 1.29 is 19.0 Å². The molecule has 0 radical (unpaired) electrons. The van der Waals surface area contributed by atoms with Crippen LogP contribution in [0, 0.1) is 5.82 Å². The summed E-state index contributed by atoms with van der Waals surface area (Å²) in [6.07, 6.45) is -0.197. The normalized spacial score (nSPS) is 12.2. The Labute approximate surface area is 113 Å². The standard InChI is InChI=1S/C12H15BrFNO3/c1-18-7-9(16)4-5-15-12(17)8-2-3-11(14)10(13)6-8/h2-3,6,9,16H,4-5,7H2,1H3,(H,15,17). The number of carbonyl (C=O) groups is 1. The van der Waals surface area contributed by atoms with E-state index in [4.69, 9.17) is 4.74 Å². The van der Waals surface area contributed by atoms with Crippen LogP contribution in [-0.4, -0.2) is 37.4 Å². The molecule has 0 heterocycles. The topological polar surface area (TPSA) is 58.6 Å². The maximum Gasteiger partial charge on any atom is 0.251 e. The molecule has 4 nitrogen and oxygen atoms in total. The number of methoxy groups -OCH3 is 1. The summed E-state index contributed by atoms with van der Waals surface area (Å²) < 4.78 is 18.0. The summed E-state index contributed by atoms with van der Waals surface area (Å²) in [5, 5.41) is 12.0. The summed E-state index contributed by atoms with van der Waals surface area (Å²) in [6, 6.07) is 4.04. The number of hydrogen-bond acceptors (Lipinski definition) is 3. The molecule has 0 fully saturated rings. The Morgan fingerprint density at radius 3 is 2.94 bits per heavy atom. The summed E-state index contributed by atoms with van der Waals surface area (Å²) in [5.74, 6) is -0.720. The van der Waals surface area contributed by atoms with Crippen LogP contribution in [0.5, 0.6) is 0 Å². The van der Waals surface area contributed by atoms with Crippen LogP contribution in [0.1, 0.15) is 16.8 Å². The summed E-state index contributed by atoms with van der Waals surface area (Å²) >= 11 is 3.01. The van der Waals surface area contributed by atoms with Gasteiger partial charge in [-0.05, 0) is 40.5 Å². The number of rotatable bonds is 6. The SMILES string of the molecule is COCC(O)CCNC(=O)c1ccc(F)c(Br)c1. The highest BCUT2D eigenvalue weighted by atomic mass is 79.9. The van der Waals surface area contributed by atoms with Gasteiger partial charge in [0.15, 0.2) is 0 Å². The van der Waals surface area contributed by atoms with Gasteiger partial charge < -0.3 is 15.2 Å². The van der Waals surface area contributed by atoms with Crippen molar-refractivity contribution in [2.75, 3.05) is 20.3 Å². The number of benzene rings is 1. The average Bonchev–Trinajstić information content (AvgIpc) is 2.33. The molecule has 100 valence electrons. The molecule has 0 aliphatic carbocycles. The summed E-state index contributed by atoms with van der Waals surface area (Å²) in [5.41, 5.74) is 0.365. The van der Waals surface area contributed by atoms with Crippen LogP contribution in [0.15, 0.2) is 22.7 Å². The number of halogens is 2. The third kappa shape index (κ3) is 4.72. The maximum absolute atomic E-state index is 13.0. The van der Waals surface area contributed by atoms with E-state index in [2.05, 4.69) is 21.2 Å². The number of aliphatic hydroxyl groups excluding tert-OH is 1. The number of carbonyl (C=O) groups excluding carboxylic acids is 1. The molecule has 18 heavy (non-hydrogen) atoms. The molecule has 0 spiro atoms. The first kappa shape index (κ1) is 15.1. The third-order valence-electron chi connectivity index (χ3n) is 2.30. The molecule has 0 bridgehead atoms. The van der Waals surface area contributed by atoms with Gasteiger partial charge in [-0.1, -0.05) is 0 Å². The van der Waals surface area contributed by atoms with E-state index in [9.17, 15) is 14.3 Å². The highest BCUT2D eigenvalue weighted by Gasteiger charge is 2.09. The van der Waals surface area contributed by atoms with Gasteiger partial charge in [-0.15, -0.1) is 0 Å². The zero-order valence-electron chi connectivity index (χ0n) is 9.95. The average molecular weight is 320 g/mol. The first-order valence-electron chi connectivity index (χ1n) is 5.45. The highest BCUT2D eigenvalue weighted by Crippen LogP contribution is 2.16. The molecule has 2 N–H and O–H groups in total. The van der Waals surface area contributed by atoms with Gasteiger partial charge in [-0.2, -0.15) is 0 Å². The molecular formula is C12H15BrFNO3. The Hall–Kier alpha value is -0.980. The first-order chi connectivity index (χ1) is 8.54. The fourth-order valence-electron chi connectivity index (χ4n) is 1.37. The lowest BCUT2D eigenvalue weighted by molar-refractivity contribution is 0.0587. The minimum Gasteiger partial charge on any atom is -0.391 e. The predicted octanol–water partition coefficient (Wildman–Crippen LogP) is 1.72. The molecule has 1 atom stereocenters. The van der Waals surface area contributed by atoms with E-state index in [1.54, 1.807) is 0 Å². The molecule has 1 rings (SSSR count). The Morgan fingerprint density at radius 1 is 1.61 bits per heavy atom. The van der Waals surface area contributed by atoms with E-state index >= 15 is 0 Å². The molecule has 6 heteroatoms. The van der Waals surface area contributed by atoms with Gasteiger partial charge in [0.25, 0.3) is 5.91 Å². The molecule has 1 unspecified atom stereocenters. The van der Waals surface area contributed by atoms with E-state index < -0.39 is 11.9 Å². The van der Waals surface area contributed by atoms with Crippen LogP contribution in [-0.2, 0) is 4.74 Å². The van der Waals surface area contributed by atoms with Crippen molar-refractivity contribution in [1.29, 1.82) is 0 Å². The van der Waals surface area contributed by atoms with E-state index in [-0.39, 0.29) is 17.0 Å². The van der Waals surface area contributed by atoms with Gasteiger partial charge >= 0.3 is 0 Å². The van der Waals surface area contributed by atoms with Gasteiger partial charge in [-0.3, -0.25) is 4.79 Å². The molecule has 0 aliphatic heterocycles. The van der Waals surface area contributed by atoms with Gasteiger partial charge in [0.05, 0.1) is 17.2 Å². The first-order valence-corrected chi connectivity index (χ1v) is 6.24. The van der Waals surface area contributed by atoms with Crippen molar-refractivity contribution in [3.05, 3.63) is 34.1 Å². The van der Waals surface area contributed by atoms with E-state index in [1.165, 1.54) is 25.3 Å². The summed E-state index contributed by atoms with van der Waals surface area (Å²) in [6.45, 7) is 0.566. The van der Waals surface area contributed by atoms with Crippen LogP contribution in [0.25, 0.3) is 0 Å². The number of nitrogens with one attached hydrogen (secondary N) is 1. The Kier molecular flexibility index (Phi) is 6.24. The van der Waals surface area contributed by atoms with Crippen LogP contribution in [0.2, 0.25) is 0 Å². The predicted molar refractivity (Wildman–Crippen MR) is 68.9 cm³/mol. The maximum atomic E-state index is 13.0. The molecular weight excluding hydrogens is 305 g/mol. The molecule has 0 saturated carbocycles. The number of aliphatic hydroxyl groups is 1. The zero-order valence-corrected chi connectivity index (χ0v) is 11.5. The van der Waals surface area contributed by atoms with Gasteiger partial charge in [0.1, 0.15) is 5.82 Å². The van der Waals surface area contributed by atoms with Crippen molar-refractivity contribution in [3.8, 4) is 0 Å². The number of amides is 1. The molecule has 1 aromatic rings. The fourth-order valence-corrected chi connectivity index (χ4v) is 1.75. The second-order valence-electron chi connectivity index (χ2n) is 3.78. The summed E-state index contributed by atoms with van der Waals surface area (Å²) in [7, 11) is 1.50. The van der Waals surface area contributed by atoms with E-state index in [0.29, 0.717) is 18.5 Å². The van der Waals surface area contributed by atoms with E-state index in [1.807, 2.05) is 0 Å². The van der Waals surface area contributed by atoms with Gasteiger partial charge in [0, 0.05) is 19.2 Å². The van der Waals surface area contributed by atoms with Crippen molar-refractivity contribution in [1.82, 2.24) is 5.32 Å². The Morgan fingerprint density at radius 2 is 2.33 bits per heavy atom. The van der Waals surface area contributed by atoms with Crippen LogP contribution in [0.4, 0.5) is 4.39 Å². The fraction of sp³-hybridized carbons (Fsp3) is 0.417. The third-order valence-corrected chi connectivity index (χ3v) is 2.91. The van der Waals surface area contributed by atoms with Crippen molar-refractivity contribution in [3.63, 3.8) is 0 Å². The lowest BCUT2D eigenvalue weighted by Crippen LogP contribution is -2.28. The smallest absolute Gasteiger partial charge is 0.251 e. The molecule has 0 saturated heterocycles. The molecule has 0 aromatic heterocycles. The van der Waals surface area contributed by atoms with Crippen molar-refractivity contribution in [2.45, 2.75) is 12.5 Å². The van der Waals surface area contributed by atoms with Crippen molar-refractivity contribution in [2.24, 2.45) is 0 Å². The Balaban J connectivity index is 2.43. The lowest BCUT2D eigenvalue weighted by Gasteiger charge is -2.10. The van der Waals surface area contributed by atoms with Crippen LogP contribution < -0.4 is 5.32 Å². The second-order valence-corrected chi connectivity index (χ2v) is 4.64. The molecule has 0 aliphatic rings. The molecule has 1 amide bonds. The minimum atomic E-state index is -0.602. The van der Waals surface area contributed by atoms with Crippen LogP contribution in [0.3, 0.4) is 0 Å². The zero-order chi connectivity index (χ0) is 13.5.